The maximum atomic E-state index is 13.1. The van der Waals surface area contributed by atoms with Gasteiger partial charge in [0.25, 0.3) is 0 Å². The van der Waals surface area contributed by atoms with E-state index in [1.165, 1.54) is 23.9 Å². The summed E-state index contributed by atoms with van der Waals surface area (Å²) in [6.07, 6.45) is 2.12. The zero-order valence-corrected chi connectivity index (χ0v) is 12.0. The third-order valence-corrected chi connectivity index (χ3v) is 3.20. The lowest BCUT2D eigenvalue weighted by Gasteiger charge is -2.14. The molecule has 0 radical (unpaired) electrons. The van der Waals surface area contributed by atoms with Crippen LogP contribution in [0.1, 0.15) is 12.0 Å². The fourth-order valence-electron chi connectivity index (χ4n) is 1.51. The molecule has 0 spiro atoms. The molecule has 8 heteroatoms. The molecule has 0 aliphatic heterocycles. The van der Waals surface area contributed by atoms with Gasteiger partial charge in [0.1, 0.15) is 17.9 Å². The summed E-state index contributed by atoms with van der Waals surface area (Å²) in [7, 11) is 0. The second kappa shape index (κ2) is 8.11. The standard InChI is InChI=1S/C13H14FN3O3S/c1-21-5-4-11(12(18)19)17-13(20)16-9-2-3-10(14)8(6-9)7-15/h2-3,6,11H,4-5H2,1H3,(H,18,19)(H2,16,17,20). The minimum absolute atomic E-state index is 0.204. The third kappa shape index (κ3) is 5.31. The van der Waals surface area contributed by atoms with Gasteiger partial charge < -0.3 is 15.7 Å². The van der Waals surface area contributed by atoms with E-state index in [-0.39, 0.29) is 17.7 Å². The lowest BCUT2D eigenvalue weighted by Crippen LogP contribution is -2.43. The molecule has 3 N–H and O–H groups in total. The highest BCUT2D eigenvalue weighted by atomic mass is 32.2. The summed E-state index contributed by atoms with van der Waals surface area (Å²) in [5.74, 6) is -1.23. The Labute approximate surface area is 125 Å². The molecule has 1 rings (SSSR count). The lowest BCUT2D eigenvalue weighted by molar-refractivity contribution is -0.139. The monoisotopic (exact) mass is 311 g/mol. The fraction of sp³-hybridized carbons (Fsp3) is 0.308. The van der Waals surface area contributed by atoms with Crippen LogP contribution in [0.15, 0.2) is 18.2 Å². The van der Waals surface area contributed by atoms with Crippen LogP contribution in [0.2, 0.25) is 0 Å². The molecule has 1 unspecified atom stereocenters. The van der Waals surface area contributed by atoms with Crippen molar-refractivity contribution >= 4 is 29.4 Å². The average Bonchev–Trinajstić information content (AvgIpc) is 2.45. The molecule has 0 aliphatic carbocycles. The summed E-state index contributed by atoms with van der Waals surface area (Å²) in [4.78, 5) is 22.7. The Morgan fingerprint density at radius 3 is 2.81 bits per heavy atom. The van der Waals surface area contributed by atoms with Crippen LogP contribution in [0.5, 0.6) is 0 Å². The molecule has 21 heavy (non-hydrogen) atoms. The minimum Gasteiger partial charge on any atom is -0.480 e. The molecule has 0 bridgehead atoms. The highest BCUT2D eigenvalue weighted by Gasteiger charge is 2.19. The number of thioether (sulfide) groups is 1. The molecule has 1 aromatic carbocycles. The number of halogens is 1. The van der Waals surface area contributed by atoms with Gasteiger partial charge in [0.05, 0.1) is 5.56 Å². The highest BCUT2D eigenvalue weighted by Crippen LogP contribution is 2.13. The number of nitriles is 1. The van der Waals surface area contributed by atoms with E-state index >= 15 is 0 Å². The number of amides is 2. The number of nitrogens with zero attached hydrogens (tertiary/aromatic N) is 1. The van der Waals surface area contributed by atoms with E-state index in [2.05, 4.69) is 10.6 Å². The van der Waals surface area contributed by atoms with Gasteiger partial charge in [0, 0.05) is 5.69 Å². The molecule has 1 aromatic rings. The van der Waals surface area contributed by atoms with E-state index in [1.807, 2.05) is 6.26 Å². The van der Waals surface area contributed by atoms with Crippen molar-refractivity contribution in [2.75, 3.05) is 17.3 Å². The van der Waals surface area contributed by atoms with Crippen molar-refractivity contribution in [2.45, 2.75) is 12.5 Å². The molecule has 0 aliphatic rings. The molecule has 2 amide bonds. The van der Waals surface area contributed by atoms with E-state index in [9.17, 15) is 14.0 Å². The van der Waals surface area contributed by atoms with E-state index in [4.69, 9.17) is 10.4 Å². The van der Waals surface area contributed by atoms with Crippen LogP contribution in [0, 0.1) is 17.1 Å². The minimum atomic E-state index is -1.13. The van der Waals surface area contributed by atoms with Gasteiger partial charge in [-0.15, -0.1) is 0 Å². The van der Waals surface area contributed by atoms with Gasteiger partial charge in [0.2, 0.25) is 0 Å². The Morgan fingerprint density at radius 2 is 2.24 bits per heavy atom. The molecule has 1 atom stereocenters. The molecule has 112 valence electrons. The van der Waals surface area contributed by atoms with Crippen molar-refractivity contribution in [3.8, 4) is 6.07 Å². The highest BCUT2D eigenvalue weighted by molar-refractivity contribution is 7.98. The quantitative estimate of drug-likeness (QED) is 0.746. The predicted molar refractivity (Wildman–Crippen MR) is 77.7 cm³/mol. The topological polar surface area (TPSA) is 102 Å². The first kappa shape index (κ1) is 16.8. The van der Waals surface area contributed by atoms with Gasteiger partial charge in [-0.3, -0.25) is 0 Å². The van der Waals surface area contributed by atoms with Crippen LogP contribution in [0.4, 0.5) is 14.9 Å². The van der Waals surface area contributed by atoms with Crippen LogP contribution >= 0.6 is 11.8 Å². The average molecular weight is 311 g/mol. The van der Waals surface area contributed by atoms with Gasteiger partial charge >= 0.3 is 12.0 Å². The Hall–Kier alpha value is -2.27. The number of carbonyl (C=O) groups excluding carboxylic acids is 1. The summed E-state index contributed by atoms with van der Waals surface area (Å²) in [6, 6.07) is 3.43. The van der Waals surface area contributed by atoms with E-state index < -0.39 is 23.9 Å². The summed E-state index contributed by atoms with van der Waals surface area (Å²) in [6.45, 7) is 0. The van der Waals surface area contributed by atoms with Crippen molar-refractivity contribution < 1.29 is 19.1 Å². The molecule has 0 saturated carbocycles. The van der Waals surface area contributed by atoms with Gasteiger partial charge in [-0.05, 0) is 36.6 Å². The number of hydrogen-bond acceptors (Lipinski definition) is 4. The summed E-state index contributed by atoms with van der Waals surface area (Å²) in [5, 5.41) is 22.4. The number of carbonyl (C=O) groups is 2. The largest absolute Gasteiger partial charge is 0.480 e. The molecule has 6 nitrogen and oxygen atoms in total. The van der Waals surface area contributed by atoms with E-state index in [1.54, 1.807) is 6.07 Å². The maximum absolute atomic E-state index is 13.1. The fourth-order valence-corrected chi connectivity index (χ4v) is 1.98. The molecular weight excluding hydrogens is 297 g/mol. The van der Waals surface area contributed by atoms with Crippen LogP contribution in [0.25, 0.3) is 0 Å². The van der Waals surface area contributed by atoms with Gasteiger partial charge in [-0.25, -0.2) is 14.0 Å². The van der Waals surface area contributed by atoms with Gasteiger partial charge in [-0.2, -0.15) is 17.0 Å². The Kier molecular flexibility index (Phi) is 6.49. The molecular formula is C13H14FN3O3S. The number of urea groups is 1. The third-order valence-electron chi connectivity index (χ3n) is 2.56. The Balaban J connectivity index is 2.68. The Bertz CT molecular complexity index is 574. The normalized spacial score (nSPS) is 11.3. The van der Waals surface area contributed by atoms with Crippen LogP contribution in [0.3, 0.4) is 0 Å². The predicted octanol–water partition coefficient (Wildman–Crippen LogP) is 2.03. The summed E-state index contributed by atoms with van der Waals surface area (Å²) >= 11 is 1.47. The Morgan fingerprint density at radius 1 is 1.52 bits per heavy atom. The van der Waals surface area contributed by atoms with E-state index in [0.29, 0.717) is 5.75 Å². The second-order valence-electron chi connectivity index (χ2n) is 4.08. The molecule has 0 fully saturated rings. The number of aliphatic carboxylic acids is 1. The number of hydrogen-bond donors (Lipinski definition) is 3. The SMILES string of the molecule is CSCCC(NC(=O)Nc1ccc(F)c(C#N)c1)C(=O)O. The van der Waals surface area contributed by atoms with Crippen molar-refractivity contribution in [1.82, 2.24) is 5.32 Å². The zero-order chi connectivity index (χ0) is 15.8. The number of rotatable bonds is 6. The number of anilines is 1. The van der Waals surface area contributed by atoms with Crippen LogP contribution in [-0.2, 0) is 4.79 Å². The number of benzene rings is 1. The van der Waals surface area contributed by atoms with Gasteiger partial charge in [0.15, 0.2) is 0 Å². The number of carboxylic acid groups (broad SMARTS) is 1. The molecule has 0 heterocycles. The van der Waals surface area contributed by atoms with Crippen LogP contribution in [-0.4, -0.2) is 35.2 Å². The number of carboxylic acids is 1. The first-order chi connectivity index (χ1) is 9.97. The maximum Gasteiger partial charge on any atom is 0.326 e. The first-order valence-corrected chi connectivity index (χ1v) is 7.36. The van der Waals surface area contributed by atoms with Crippen molar-refractivity contribution in [1.29, 1.82) is 5.26 Å². The second-order valence-corrected chi connectivity index (χ2v) is 5.06. The van der Waals surface area contributed by atoms with E-state index in [0.717, 1.165) is 6.07 Å². The summed E-state index contributed by atoms with van der Waals surface area (Å²) < 4.78 is 13.1. The number of nitrogens with one attached hydrogen (secondary N) is 2. The van der Waals surface area contributed by atoms with Crippen molar-refractivity contribution in [3.05, 3.63) is 29.6 Å². The molecule has 0 saturated heterocycles. The van der Waals surface area contributed by atoms with Crippen LogP contribution < -0.4 is 10.6 Å². The van der Waals surface area contributed by atoms with Crippen molar-refractivity contribution in [3.63, 3.8) is 0 Å². The zero-order valence-electron chi connectivity index (χ0n) is 11.2. The molecule has 0 aromatic heterocycles. The van der Waals surface area contributed by atoms with Gasteiger partial charge in [-0.1, -0.05) is 0 Å². The lowest BCUT2D eigenvalue weighted by atomic mass is 10.2. The van der Waals surface area contributed by atoms with Crippen molar-refractivity contribution in [2.24, 2.45) is 0 Å². The first-order valence-electron chi connectivity index (χ1n) is 5.96. The summed E-state index contributed by atoms with van der Waals surface area (Å²) in [5.41, 5.74) is 0.00410. The smallest absolute Gasteiger partial charge is 0.326 e.